The molecule has 0 heterocycles. The van der Waals surface area contributed by atoms with Crippen molar-refractivity contribution in [2.75, 3.05) is 5.75 Å². The third-order valence-electron chi connectivity index (χ3n) is 1.22. The summed E-state index contributed by atoms with van der Waals surface area (Å²) in [7, 11) is 0. The molecule has 59 valence electrons. The lowest BCUT2D eigenvalue weighted by atomic mass is 10.4. The van der Waals surface area contributed by atoms with Gasteiger partial charge in [-0.2, -0.15) is 0 Å². The molecule has 0 atom stereocenters. The molecule has 11 heavy (non-hydrogen) atoms. The SMILES string of the molecule is CCCSc1[c]cccc1Br. The van der Waals surface area contributed by atoms with E-state index in [1.54, 1.807) is 0 Å². The third-order valence-corrected chi connectivity index (χ3v) is 3.38. The van der Waals surface area contributed by atoms with Crippen LogP contribution in [-0.4, -0.2) is 5.75 Å². The van der Waals surface area contributed by atoms with E-state index >= 15 is 0 Å². The topological polar surface area (TPSA) is 0 Å². The monoisotopic (exact) mass is 229 g/mol. The van der Waals surface area contributed by atoms with Crippen LogP contribution >= 0.6 is 27.7 Å². The molecule has 0 nitrogen and oxygen atoms in total. The number of thioether (sulfide) groups is 1. The zero-order chi connectivity index (χ0) is 8.10. The largest absolute Gasteiger partial charge is 0.124 e. The summed E-state index contributed by atoms with van der Waals surface area (Å²) in [4.78, 5) is 1.22. The van der Waals surface area contributed by atoms with Crippen LogP contribution in [0.15, 0.2) is 27.6 Å². The lowest BCUT2D eigenvalue weighted by Crippen LogP contribution is -1.77. The van der Waals surface area contributed by atoms with Gasteiger partial charge in [0.25, 0.3) is 0 Å². The molecule has 1 radical (unpaired) electrons. The molecule has 0 aliphatic heterocycles. The van der Waals surface area contributed by atoms with Gasteiger partial charge in [-0.1, -0.05) is 19.1 Å². The predicted octanol–water partition coefficient (Wildman–Crippen LogP) is 3.75. The van der Waals surface area contributed by atoms with Crippen LogP contribution in [0.4, 0.5) is 0 Å². The average Bonchev–Trinajstić information content (AvgIpc) is 2.03. The fraction of sp³-hybridized carbons (Fsp3) is 0.333. The second-order valence-electron chi connectivity index (χ2n) is 2.20. The van der Waals surface area contributed by atoms with Crippen LogP contribution in [0.25, 0.3) is 0 Å². The maximum absolute atomic E-state index is 3.47. The first-order valence-electron chi connectivity index (χ1n) is 3.63. The van der Waals surface area contributed by atoms with E-state index in [1.165, 1.54) is 17.1 Å². The zero-order valence-electron chi connectivity index (χ0n) is 6.43. The number of hydrogen-bond donors (Lipinski definition) is 0. The van der Waals surface area contributed by atoms with Crippen LogP contribution in [0.5, 0.6) is 0 Å². The molecule has 1 aromatic carbocycles. The Kier molecular flexibility index (Phi) is 4.02. The van der Waals surface area contributed by atoms with Crippen LogP contribution in [0.2, 0.25) is 0 Å². The Morgan fingerprint density at radius 3 is 3.09 bits per heavy atom. The number of hydrogen-bond acceptors (Lipinski definition) is 1. The van der Waals surface area contributed by atoms with Crippen molar-refractivity contribution in [3.63, 3.8) is 0 Å². The maximum atomic E-state index is 3.47. The summed E-state index contributed by atoms with van der Waals surface area (Å²) in [6.07, 6.45) is 1.21. The highest BCUT2D eigenvalue weighted by molar-refractivity contribution is 9.10. The Labute approximate surface area is 80.5 Å². The van der Waals surface area contributed by atoms with Crippen molar-refractivity contribution >= 4 is 27.7 Å². The molecular weight excluding hydrogens is 220 g/mol. The Hall–Kier alpha value is 0.0500. The van der Waals surface area contributed by atoms with E-state index in [2.05, 4.69) is 35.0 Å². The van der Waals surface area contributed by atoms with Gasteiger partial charge >= 0.3 is 0 Å². The molecule has 0 amide bonds. The molecule has 0 bridgehead atoms. The van der Waals surface area contributed by atoms with Gasteiger partial charge in [-0.3, -0.25) is 0 Å². The van der Waals surface area contributed by atoms with Crippen molar-refractivity contribution in [1.29, 1.82) is 0 Å². The van der Waals surface area contributed by atoms with Crippen LogP contribution in [0.1, 0.15) is 13.3 Å². The lowest BCUT2D eigenvalue weighted by Gasteiger charge is -2.00. The van der Waals surface area contributed by atoms with Gasteiger partial charge in [-0.05, 0) is 40.2 Å². The van der Waals surface area contributed by atoms with E-state index in [0.717, 1.165) is 4.47 Å². The van der Waals surface area contributed by atoms with E-state index in [-0.39, 0.29) is 0 Å². The van der Waals surface area contributed by atoms with Gasteiger partial charge in [-0.25, -0.2) is 0 Å². The summed E-state index contributed by atoms with van der Waals surface area (Å²) in [6.45, 7) is 2.18. The van der Waals surface area contributed by atoms with Crippen molar-refractivity contribution in [3.05, 3.63) is 28.7 Å². The quantitative estimate of drug-likeness (QED) is 0.712. The fourth-order valence-electron chi connectivity index (χ4n) is 0.716. The predicted molar refractivity (Wildman–Crippen MR) is 54.0 cm³/mol. The number of halogens is 1. The number of benzene rings is 1. The minimum atomic E-state index is 1.15. The van der Waals surface area contributed by atoms with Crippen molar-refractivity contribution in [2.45, 2.75) is 18.2 Å². The van der Waals surface area contributed by atoms with E-state index in [1.807, 2.05) is 23.9 Å². The van der Waals surface area contributed by atoms with Crippen LogP contribution in [-0.2, 0) is 0 Å². The molecule has 1 rings (SSSR count). The summed E-state index contributed by atoms with van der Waals surface area (Å²) in [6, 6.07) is 9.17. The highest BCUT2D eigenvalue weighted by atomic mass is 79.9. The summed E-state index contributed by atoms with van der Waals surface area (Å²) in [5.41, 5.74) is 0. The van der Waals surface area contributed by atoms with Crippen molar-refractivity contribution in [1.82, 2.24) is 0 Å². The van der Waals surface area contributed by atoms with Crippen LogP contribution in [0.3, 0.4) is 0 Å². The molecule has 0 unspecified atom stereocenters. The summed E-state index contributed by atoms with van der Waals surface area (Å²) in [5, 5.41) is 0. The smallest absolute Gasteiger partial charge is 0.0317 e. The minimum Gasteiger partial charge on any atom is -0.124 e. The summed E-state index contributed by atoms with van der Waals surface area (Å²) < 4.78 is 1.15. The molecule has 0 N–H and O–H groups in total. The molecule has 0 saturated carbocycles. The lowest BCUT2D eigenvalue weighted by molar-refractivity contribution is 1.10. The van der Waals surface area contributed by atoms with E-state index in [0.29, 0.717) is 0 Å². The van der Waals surface area contributed by atoms with E-state index < -0.39 is 0 Å². The van der Waals surface area contributed by atoms with Crippen LogP contribution in [0, 0.1) is 6.07 Å². The second kappa shape index (κ2) is 4.83. The van der Waals surface area contributed by atoms with Crippen molar-refractivity contribution < 1.29 is 0 Å². The van der Waals surface area contributed by atoms with Gasteiger partial charge in [0.1, 0.15) is 0 Å². The van der Waals surface area contributed by atoms with Crippen molar-refractivity contribution in [3.8, 4) is 0 Å². The normalized spacial score (nSPS) is 10.0. The van der Waals surface area contributed by atoms with E-state index in [9.17, 15) is 0 Å². The molecule has 1 aromatic rings. The molecule has 0 spiro atoms. The van der Waals surface area contributed by atoms with Gasteiger partial charge in [0, 0.05) is 9.37 Å². The summed E-state index contributed by atoms with van der Waals surface area (Å²) in [5.74, 6) is 1.17. The Bertz CT molecular complexity index is 223. The van der Waals surface area contributed by atoms with Gasteiger partial charge in [-0.15, -0.1) is 11.8 Å². The zero-order valence-corrected chi connectivity index (χ0v) is 8.83. The molecule has 0 fully saturated rings. The second-order valence-corrected chi connectivity index (χ2v) is 4.16. The Balaban J connectivity index is 2.62. The number of rotatable bonds is 3. The Morgan fingerprint density at radius 2 is 2.45 bits per heavy atom. The third kappa shape index (κ3) is 2.88. The maximum Gasteiger partial charge on any atom is 0.0317 e. The first kappa shape index (κ1) is 9.14. The molecule has 0 aliphatic carbocycles. The van der Waals surface area contributed by atoms with Crippen molar-refractivity contribution in [2.24, 2.45) is 0 Å². The molecule has 2 heteroatoms. The van der Waals surface area contributed by atoms with Gasteiger partial charge in [0.15, 0.2) is 0 Å². The first-order valence-corrected chi connectivity index (χ1v) is 5.41. The van der Waals surface area contributed by atoms with Gasteiger partial charge in [0.2, 0.25) is 0 Å². The average molecular weight is 230 g/mol. The molecule has 0 aromatic heterocycles. The van der Waals surface area contributed by atoms with Gasteiger partial charge in [0.05, 0.1) is 0 Å². The fourth-order valence-corrected chi connectivity index (χ4v) is 2.09. The first-order chi connectivity index (χ1) is 5.34. The van der Waals surface area contributed by atoms with E-state index in [4.69, 9.17) is 0 Å². The minimum absolute atomic E-state index is 1.15. The standard InChI is InChI=1S/C9H10BrS/c1-2-7-11-9-6-4-3-5-8(9)10/h3-5H,2,7H2,1H3. The highest BCUT2D eigenvalue weighted by Crippen LogP contribution is 2.26. The molecule has 0 aliphatic rings. The van der Waals surface area contributed by atoms with Crippen LogP contribution < -0.4 is 0 Å². The highest BCUT2D eigenvalue weighted by Gasteiger charge is 1.96. The summed E-state index contributed by atoms with van der Waals surface area (Å²) >= 11 is 5.32. The Morgan fingerprint density at radius 1 is 1.64 bits per heavy atom. The molecular formula is C9H10BrS. The van der Waals surface area contributed by atoms with Gasteiger partial charge < -0.3 is 0 Å². The molecule has 0 saturated heterocycles.